The number of carbonyl (C=O) groups excluding carboxylic acids is 3. The number of para-hydroxylation sites is 1. The third-order valence-corrected chi connectivity index (χ3v) is 9.12. The highest BCUT2D eigenvalue weighted by atomic mass is 32.2. The van der Waals surface area contributed by atoms with Crippen LogP contribution in [-0.2, 0) is 19.1 Å². The summed E-state index contributed by atoms with van der Waals surface area (Å²) in [5.74, 6) is -2.06. The summed E-state index contributed by atoms with van der Waals surface area (Å²) >= 11 is 1.60. The van der Waals surface area contributed by atoms with Gasteiger partial charge in [0.05, 0.1) is 29.8 Å². The molecular formula is C23H30N2O5S. The van der Waals surface area contributed by atoms with Crippen LogP contribution in [0.25, 0.3) is 0 Å². The lowest BCUT2D eigenvalue weighted by molar-refractivity contribution is -0.155. The van der Waals surface area contributed by atoms with E-state index in [0.29, 0.717) is 6.42 Å². The molecule has 2 amide bonds. The number of amides is 2. The third-order valence-electron chi connectivity index (χ3n) is 7.14. The van der Waals surface area contributed by atoms with Crippen molar-refractivity contribution in [2.75, 3.05) is 25.1 Å². The number of anilines is 1. The maximum Gasteiger partial charge on any atom is 0.311 e. The summed E-state index contributed by atoms with van der Waals surface area (Å²) in [6.07, 6.45) is 1.41. The summed E-state index contributed by atoms with van der Waals surface area (Å²) in [6.45, 7) is 7.71. The molecule has 7 nitrogen and oxygen atoms in total. The summed E-state index contributed by atoms with van der Waals surface area (Å²) in [4.78, 5) is 41.6. The van der Waals surface area contributed by atoms with E-state index in [-0.39, 0.29) is 37.5 Å². The van der Waals surface area contributed by atoms with Gasteiger partial charge in [-0.3, -0.25) is 14.4 Å². The van der Waals surface area contributed by atoms with Gasteiger partial charge >= 0.3 is 5.97 Å². The second-order valence-electron chi connectivity index (χ2n) is 8.99. The molecule has 3 saturated heterocycles. The van der Waals surface area contributed by atoms with Crippen LogP contribution in [0.1, 0.15) is 37.8 Å². The van der Waals surface area contributed by atoms with Crippen LogP contribution in [0, 0.1) is 25.7 Å². The van der Waals surface area contributed by atoms with E-state index in [9.17, 15) is 19.5 Å². The second-order valence-corrected chi connectivity index (χ2v) is 10.9. The molecule has 0 aromatic heterocycles. The van der Waals surface area contributed by atoms with E-state index in [1.807, 2.05) is 39.0 Å². The van der Waals surface area contributed by atoms with Crippen molar-refractivity contribution in [3.63, 3.8) is 0 Å². The first kappa shape index (κ1) is 22.1. The van der Waals surface area contributed by atoms with E-state index in [2.05, 4.69) is 5.32 Å². The summed E-state index contributed by atoms with van der Waals surface area (Å²) in [5.41, 5.74) is 2.63. The van der Waals surface area contributed by atoms with Crippen molar-refractivity contribution < 1.29 is 24.2 Å². The van der Waals surface area contributed by atoms with Gasteiger partial charge in [-0.05, 0) is 51.7 Å². The molecule has 3 fully saturated rings. The number of aryl methyl sites for hydroxylation is 2. The average Bonchev–Trinajstić information content (AvgIpc) is 3.27. The number of hydrogen-bond donors (Lipinski definition) is 2. The molecule has 5 atom stereocenters. The number of benzene rings is 1. The molecule has 168 valence electrons. The number of aliphatic hydroxyl groups is 1. The molecule has 3 heterocycles. The first-order chi connectivity index (χ1) is 14.7. The lowest BCUT2D eigenvalue weighted by Gasteiger charge is -2.34. The molecule has 0 saturated carbocycles. The monoisotopic (exact) mass is 446 g/mol. The fourth-order valence-electron chi connectivity index (χ4n) is 5.87. The Morgan fingerprint density at radius 3 is 2.58 bits per heavy atom. The molecule has 3 aliphatic rings. The number of fused-ring (bicyclic) bond motifs is 1. The molecule has 1 spiro atoms. The van der Waals surface area contributed by atoms with Gasteiger partial charge in [-0.25, -0.2) is 0 Å². The molecule has 4 rings (SSSR count). The van der Waals surface area contributed by atoms with Gasteiger partial charge in [0.15, 0.2) is 0 Å². The van der Waals surface area contributed by atoms with Crippen LogP contribution in [0.2, 0.25) is 0 Å². The molecule has 0 radical (unpaired) electrons. The number of thioether (sulfide) groups is 1. The Hall–Kier alpha value is -2.06. The molecule has 3 aliphatic heterocycles. The van der Waals surface area contributed by atoms with Crippen LogP contribution in [0.3, 0.4) is 0 Å². The largest absolute Gasteiger partial charge is 0.466 e. The summed E-state index contributed by atoms with van der Waals surface area (Å²) in [5, 5.41) is 12.7. The van der Waals surface area contributed by atoms with Crippen LogP contribution in [0.15, 0.2) is 18.2 Å². The predicted octanol–water partition coefficient (Wildman–Crippen LogP) is 2.28. The molecule has 1 aromatic rings. The van der Waals surface area contributed by atoms with Crippen molar-refractivity contribution in [3.8, 4) is 0 Å². The van der Waals surface area contributed by atoms with Gasteiger partial charge in [0.1, 0.15) is 6.04 Å². The Kier molecular flexibility index (Phi) is 5.58. The Bertz CT molecular complexity index is 916. The van der Waals surface area contributed by atoms with Crippen LogP contribution < -0.4 is 5.32 Å². The zero-order valence-electron chi connectivity index (χ0n) is 18.4. The van der Waals surface area contributed by atoms with Crippen molar-refractivity contribution in [1.29, 1.82) is 0 Å². The van der Waals surface area contributed by atoms with Crippen molar-refractivity contribution in [2.24, 2.45) is 11.8 Å². The molecule has 31 heavy (non-hydrogen) atoms. The van der Waals surface area contributed by atoms with Crippen molar-refractivity contribution >= 4 is 35.2 Å². The van der Waals surface area contributed by atoms with Gasteiger partial charge in [0, 0.05) is 17.0 Å². The van der Waals surface area contributed by atoms with Gasteiger partial charge in [-0.2, -0.15) is 0 Å². The molecule has 2 unspecified atom stereocenters. The second kappa shape index (κ2) is 7.81. The van der Waals surface area contributed by atoms with Crippen LogP contribution >= 0.6 is 11.8 Å². The lowest BCUT2D eigenvalue weighted by atomic mass is 9.66. The van der Waals surface area contributed by atoms with Gasteiger partial charge in [0.25, 0.3) is 0 Å². The molecular weight excluding hydrogens is 416 g/mol. The number of aliphatic hydroxyl groups excluding tert-OH is 1. The minimum Gasteiger partial charge on any atom is -0.466 e. The topological polar surface area (TPSA) is 95.9 Å². The van der Waals surface area contributed by atoms with E-state index in [0.717, 1.165) is 23.2 Å². The minimum absolute atomic E-state index is 0.0642. The Morgan fingerprint density at radius 1 is 1.29 bits per heavy atom. The van der Waals surface area contributed by atoms with Gasteiger partial charge in [-0.1, -0.05) is 18.2 Å². The number of likely N-dealkylation sites (tertiary alicyclic amines) is 1. The maximum absolute atomic E-state index is 13.7. The Morgan fingerprint density at radius 2 is 1.97 bits per heavy atom. The van der Waals surface area contributed by atoms with Crippen molar-refractivity contribution in [1.82, 2.24) is 4.90 Å². The smallest absolute Gasteiger partial charge is 0.311 e. The zero-order valence-corrected chi connectivity index (χ0v) is 19.3. The number of nitrogens with one attached hydrogen (secondary N) is 1. The van der Waals surface area contributed by atoms with E-state index >= 15 is 0 Å². The number of hydrogen-bond acceptors (Lipinski definition) is 6. The highest BCUT2D eigenvalue weighted by Crippen LogP contribution is 2.71. The SMILES string of the molecule is CCOC(=O)[C@H]1[C@H]2C(=O)N(CCO)C(C(=O)Nc3c(C)cccc3C)C23CC[C@]1(C)S3. The van der Waals surface area contributed by atoms with Gasteiger partial charge in [-0.15, -0.1) is 11.8 Å². The van der Waals surface area contributed by atoms with E-state index in [1.165, 1.54) is 4.90 Å². The maximum atomic E-state index is 13.7. The van der Waals surface area contributed by atoms with Crippen molar-refractivity contribution in [2.45, 2.75) is 56.1 Å². The van der Waals surface area contributed by atoms with E-state index < -0.39 is 27.4 Å². The fourth-order valence-corrected chi connectivity index (χ4v) is 8.21. The van der Waals surface area contributed by atoms with E-state index in [4.69, 9.17) is 4.74 Å². The van der Waals surface area contributed by atoms with Crippen LogP contribution in [0.5, 0.6) is 0 Å². The summed E-state index contributed by atoms with van der Waals surface area (Å²) in [6, 6.07) is 5.05. The number of ether oxygens (including phenoxy) is 1. The lowest BCUT2D eigenvalue weighted by Crippen LogP contribution is -2.52. The quantitative estimate of drug-likeness (QED) is 0.651. The molecule has 0 aliphatic carbocycles. The number of rotatable bonds is 6. The highest BCUT2D eigenvalue weighted by molar-refractivity contribution is 8.02. The van der Waals surface area contributed by atoms with Crippen LogP contribution in [0.4, 0.5) is 5.69 Å². The Labute approximate surface area is 186 Å². The molecule has 8 heteroatoms. The van der Waals surface area contributed by atoms with Crippen LogP contribution in [-0.4, -0.2) is 63.1 Å². The highest BCUT2D eigenvalue weighted by Gasteiger charge is 2.77. The number of carbonyl (C=O) groups is 3. The van der Waals surface area contributed by atoms with Gasteiger partial charge < -0.3 is 20.1 Å². The fraction of sp³-hybridized carbons (Fsp3) is 0.609. The first-order valence-electron chi connectivity index (χ1n) is 10.9. The number of nitrogens with zero attached hydrogens (tertiary/aromatic N) is 1. The zero-order chi connectivity index (χ0) is 22.6. The summed E-state index contributed by atoms with van der Waals surface area (Å²) < 4.78 is 4.21. The average molecular weight is 447 g/mol. The number of β-amino-alcohol motifs (C(OH)–C–C–N with tert-alkyl or cyclic N) is 1. The molecule has 2 N–H and O–H groups in total. The Balaban J connectivity index is 1.74. The summed E-state index contributed by atoms with van der Waals surface area (Å²) in [7, 11) is 0. The standard InChI is InChI=1S/C23H30N2O5S/c1-5-30-21(29)16-15-20(28)25(11-12-26)18(23(15)10-9-22(16,4)31-23)19(27)24-17-13(2)7-6-8-14(17)3/h6-8,15-16,18,26H,5,9-12H2,1-4H3,(H,24,27)/t15-,16+,18?,22-,23?/m0/s1. The normalized spacial score (nSPS) is 33.5. The molecule has 1 aromatic carbocycles. The van der Waals surface area contributed by atoms with Crippen molar-refractivity contribution in [3.05, 3.63) is 29.3 Å². The molecule has 2 bridgehead atoms. The third kappa shape index (κ3) is 3.18. The predicted molar refractivity (Wildman–Crippen MR) is 119 cm³/mol. The first-order valence-corrected chi connectivity index (χ1v) is 11.7. The number of esters is 1. The van der Waals surface area contributed by atoms with E-state index in [1.54, 1.807) is 18.7 Å². The minimum atomic E-state index is -0.748. The van der Waals surface area contributed by atoms with Gasteiger partial charge in [0.2, 0.25) is 11.8 Å².